The lowest BCUT2D eigenvalue weighted by Crippen LogP contribution is -2.38. The van der Waals surface area contributed by atoms with Gasteiger partial charge in [0.1, 0.15) is 37.9 Å². The number of carbonyl (C=O) groups is 3. The van der Waals surface area contributed by atoms with Crippen LogP contribution in [0.25, 0.3) is 0 Å². The summed E-state index contributed by atoms with van der Waals surface area (Å²) in [7, 11) is 0. The second-order valence-corrected chi connectivity index (χ2v) is 10.7. The normalized spacial score (nSPS) is 12.7. The molecule has 0 saturated carbocycles. The van der Waals surface area contributed by atoms with Crippen molar-refractivity contribution in [1.29, 1.82) is 0 Å². The van der Waals surface area contributed by atoms with Crippen molar-refractivity contribution in [2.45, 2.75) is 19.3 Å². The summed E-state index contributed by atoms with van der Waals surface area (Å²) in [6.45, 7) is 10.9. The molecule has 4 aromatic carbocycles. The number of ether oxygens (including phenoxy) is 4. The minimum Gasteiger partial charge on any atom is -0.490 e. The van der Waals surface area contributed by atoms with Gasteiger partial charge in [0.25, 0.3) is 0 Å². The van der Waals surface area contributed by atoms with Crippen molar-refractivity contribution in [3.8, 4) is 11.5 Å². The van der Waals surface area contributed by atoms with Crippen LogP contribution < -0.4 is 9.47 Å². The molecule has 0 amide bonds. The Kier molecular flexibility index (Phi) is 9.28. The van der Waals surface area contributed by atoms with Gasteiger partial charge in [-0.15, -0.1) is 0 Å². The molecule has 0 saturated heterocycles. The summed E-state index contributed by atoms with van der Waals surface area (Å²) >= 11 is 0. The summed E-state index contributed by atoms with van der Waals surface area (Å²) in [6, 6.07) is 30.9. The first kappa shape index (κ1) is 31.0. The molecule has 1 aliphatic carbocycles. The molecule has 0 spiro atoms. The van der Waals surface area contributed by atoms with Gasteiger partial charge in [-0.25, -0.2) is 9.59 Å². The van der Waals surface area contributed by atoms with E-state index in [1.54, 1.807) is 13.8 Å². The van der Waals surface area contributed by atoms with Crippen LogP contribution in [0.15, 0.2) is 121 Å². The molecule has 0 bridgehead atoms. The van der Waals surface area contributed by atoms with Gasteiger partial charge >= 0.3 is 11.9 Å². The number of hydrogen-bond acceptors (Lipinski definition) is 7. The lowest BCUT2D eigenvalue weighted by Gasteiger charge is -2.41. The number of carbonyl (C=O) groups excluding carboxylic acids is 3. The van der Waals surface area contributed by atoms with Crippen molar-refractivity contribution in [1.82, 2.24) is 0 Å². The topological polar surface area (TPSA) is 88.1 Å². The van der Waals surface area contributed by atoms with Gasteiger partial charge in [0.05, 0.1) is 5.41 Å². The first-order chi connectivity index (χ1) is 21.7. The third-order valence-electron chi connectivity index (χ3n) is 7.59. The Labute approximate surface area is 262 Å². The van der Waals surface area contributed by atoms with Gasteiger partial charge in [-0.3, -0.25) is 4.79 Å². The summed E-state index contributed by atoms with van der Waals surface area (Å²) in [5.41, 5.74) is 4.73. The fourth-order valence-corrected chi connectivity index (χ4v) is 5.53. The molecular formula is C38H34O7. The summed E-state index contributed by atoms with van der Waals surface area (Å²) in [6.07, 6.45) is 0. The summed E-state index contributed by atoms with van der Waals surface area (Å²) < 4.78 is 22.0. The number of hydrogen-bond donors (Lipinski definition) is 0. The van der Waals surface area contributed by atoms with Crippen LogP contribution in [0, 0.1) is 0 Å². The SMILES string of the molecule is C=C(C)C(=O)OCCOc1ccc(C2(c3ccc(OCCOC(=O)C(=C)C)cc3)c3ccccc3C(=O)c3ccccc32)cc1. The van der Waals surface area contributed by atoms with Gasteiger partial charge in [-0.05, 0) is 60.4 Å². The van der Waals surface area contributed by atoms with Crippen molar-refractivity contribution < 1.29 is 33.3 Å². The molecule has 0 unspecified atom stereocenters. The van der Waals surface area contributed by atoms with Crippen molar-refractivity contribution in [3.05, 3.63) is 155 Å². The van der Waals surface area contributed by atoms with E-state index in [2.05, 4.69) is 13.2 Å². The first-order valence-electron chi connectivity index (χ1n) is 14.6. The molecule has 5 rings (SSSR count). The Hall–Kier alpha value is -5.43. The fourth-order valence-electron chi connectivity index (χ4n) is 5.53. The van der Waals surface area contributed by atoms with Crippen LogP contribution in [-0.4, -0.2) is 44.1 Å². The van der Waals surface area contributed by atoms with E-state index in [9.17, 15) is 14.4 Å². The highest BCUT2D eigenvalue weighted by Crippen LogP contribution is 2.51. The van der Waals surface area contributed by atoms with Gasteiger partial charge in [0, 0.05) is 22.3 Å². The fraction of sp³-hybridized carbons (Fsp3) is 0.184. The van der Waals surface area contributed by atoms with E-state index in [1.165, 1.54) is 0 Å². The molecule has 4 aromatic rings. The van der Waals surface area contributed by atoms with Crippen LogP contribution in [0.1, 0.15) is 52.0 Å². The van der Waals surface area contributed by atoms with E-state index >= 15 is 0 Å². The Balaban J connectivity index is 1.50. The smallest absolute Gasteiger partial charge is 0.333 e. The molecule has 228 valence electrons. The van der Waals surface area contributed by atoms with Crippen LogP contribution in [0.2, 0.25) is 0 Å². The van der Waals surface area contributed by atoms with Crippen LogP contribution in [-0.2, 0) is 24.5 Å². The van der Waals surface area contributed by atoms with Crippen molar-refractivity contribution >= 4 is 17.7 Å². The third-order valence-corrected chi connectivity index (χ3v) is 7.59. The van der Waals surface area contributed by atoms with Crippen LogP contribution in [0.3, 0.4) is 0 Å². The quantitative estimate of drug-likeness (QED) is 0.0902. The second-order valence-electron chi connectivity index (χ2n) is 10.7. The summed E-state index contributed by atoms with van der Waals surface area (Å²) in [5.74, 6) is 0.297. The van der Waals surface area contributed by atoms with Gasteiger partial charge < -0.3 is 18.9 Å². The van der Waals surface area contributed by atoms with Gasteiger partial charge in [0.2, 0.25) is 0 Å². The molecule has 0 radical (unpaired) electrons. The lowest BCUT2D eigenvalue weighted by molar-refractivity contribution is -0.140. The lowest BCUT2D eigenvalue weighted by atomic mass is 9.59. The van der Waals surface area contributed by atoms with Crippen LogP contribution in [0.5, 0.6) is 11.5 Å². The van der Waals surface area contributed by atoms with E-state index < -0.39 is 17.4 Å². The van der Waals surface area contributed by atoms with Gasteiger partial charge in [0.15, 0.2) is 5.78 Å². The van der Waals surface area contributed by atoms with E-state index in [0.717, 1.165) is 22.3 Å². The Morgan fingerprint density at radius 2 is 0.956 bits per heavy atom. The van der Waals surface area contributed by atoms with E-state index in [4.69, 9.17) is 18.9 Å². The minimum absolute atomic E-state index is 0.0228. The zero-order valence-corrected chi connectivity index (χ0v) is 25.3. The van der Waals surface area contributed by atoms with E-state index in [-0.39, 0.29) is 32.2 Å². The predicted octanol–water partition coefficient (Wildman–Crippen LogP) is 6.61. The number of fused-ring (bicyclic) bond motifs is 2. The Bertz CT molecular complexity index is 1620. The van der Waals surface area contributed by atoms with Crippen molar-refractivity contribution in [3.63, 3.8) is 0 Å². The maximum absolute atomic E-state index is 13.7. The zero-order valence-electron chi connectivity index (χ0n) is 25.3. The van der Waals surface area contributed by atoms with Crippen molar-refractivity contribution in [2.75, 3.05) is 26.4 Å². The standard InChI is InChI=1S/C38H34O7/c1-25(2)36(40)44-23-21-42-29-17-13-27(14-18-29)38(28-15-19-30(20-16-28)43-22-24-45-37(41)26(3)4)33-11-7-5-9-31(33)35(39)32-10-6-8-12-34(32)38/h5-20H,1,3,21-24H2,2,4H3. The largest absolute Gasteiger partial charge is 0.490 e. The van der Waals surface area contributed by atoms with E-state index in [0.29, 0.717) is 33.8 Å². The molecule has 7 heteroatoms. The maximum Gasteiger partial charge on any atom is 0.333 e. The van der Waals surface area contributed by atoms with Gasteiger partial charge in [-0.2, -0.15) is 0 Å². The number of esters is 2. The predicted molar refractivity (Wildman–Crippen MR) is 171 cm³/mol. The molecule has 45 heavy (non-hydrogen) atoms. The van der Waals surface area contributed by atoms with Gasteiger partial charge in [-0.1, -0.05) is 86.0 Å². The average molecular weight is 603 g/mol. The average Bonchev–Trinajstić information content (AvgIpc) is 3.06. The van der Waals surface area contributed by atoms with Crippen molar-refractivity contribution in [2.24, 2.45) is 0 Å². The van der Waals surface area contributed by atoms with Crippen LogP contribution >= 0.6 is 0 Å². The molecule has 0 aliphatic heterocycles. The number of benzene rings is 4. The summed E-state index contributed by atoms with van der Waals surface area (Å²) in [4.78, 5) is 37.1. The Morgan fingerprint density at radius 3 is 1.33 bits per heavy atom. The molecule has 7 nitrogen and oxygen atoms in total. The molecule has 0 heterocycles. The minimum atomic E-state index is -0.827. The zero-order chi connectivity index (χ0) is 32.0. The molecule has 0 atom stereocenters. The third kappa shape index (κ3) is 6.29. The molecule has 0 fully saturated rings. The molecule has 0 N–H and O–H groups in total. The molecule has 0 aromatic heterocycles. The molecule has 1 aliphatic rings. The van der Waals surface area contributed by atoms with Crippen LogP contribution in [0.4, 0.5) is 0 Å². The molecular weight excluding hydrogens is 568 g/mol. The highest BCUT2D eigenvalue weighted by molar-refractivity contribution is 6.14. The number of ketones is 1. The summed E-state index contributed by atoms with van der Waals surface area (Å²) in [5, 5.41) is 0. The highest BCUT2D eigenvalue weighted by Gasteiger charge is 2.46. The highest BCUT2D eigenvalue weighted by atomic mass is 16.6. The second kappa shape index (κ2) is 13.5. The Morgan fingerprint density at radius 1 is 0.578 bits per heavy atom. The van der Waals surface area contributed by atoms with E-state index in [1.807, 2.05) is 97.1 Å². The number of rotatable bonds is 12. The monoisotopic (exact) mass is 602 g/mol. The first-order valence-corrected chi connectivity index (χ1v) is 14.6. The maximum atomic E-state index is 13.7.